The minimum absolute atomic E-state index is 0.144. The van der Waals surface area contributed by atoms with E-state index in [4.69, 9.17) is 0 Å². The maximum Gasteiger partial charge on any atom is 0.281 e. The molecular formula is C31H26N2O5S3. The predicted molar refractivity (Wildman–Crippen MR) is 162 cm³/mol. The number of hydrogen-bond donors (Lipinski definition) is 1. The zero-order valence-corrected chi connectivity index (χ0v) is 24.6. The van der Waals surface area contributed by atoms with Gasteiger partial charge in [-0.05, 0) is 47.9 Å². The molecule has 0 radical (unpaired) electrons. The van der Waals surface area contributed by atoms with Crippen molar-refractivity contribution < 1.29 is 21.6 Å². The maximum absolute atomic E-state index is 13.1. The average molecular weight is 603 g/mol. The first kappa shape index (κ1) is 28.4. The Balaban J connectivity index is 1.33. The SMILES string of the molecule is CC(C)c1ccc(S(=O)(=O)C(=O)c2cccc(S(=O)(=O)Nc3ccc(-c4csc(-c5ccccc5)n4)cc3)c2)cc1. The fraction of sp³-hybridized carbons (Fsp3) is 0.0968. The largest absolute Gasteiger partial charge is 0.281 e. The topological polar surface area (TPSA) is 110 Å². The standard InChI is InChI=1S/C31H26N2O5S3/c1-21(2)22-13-17-27(18-14-22)40(35,36)31(34)25-9-6-10-28(19-25)41(37,38)33-26-15-11-23(12-16-26)29-20-39-30(32-29)24-7-4-3-5-8-24/h3-21,33H,1-2H3. The van der Waals surface area contributed by atoms with Crippen molar-refractivity contribution in [2.75, 3.05) is 4.72 Å². The molecule has 0 spiro atoms. The molecule has 0 saturated carbocycles. The van der Waals surface area contributed by atoms with Crippen molar-refractivity contribution in [1.82, 2.24) is 4.98 Å². The summed E-state index contributed by atoms with van der Waals surface area (Å²) in [6.07, 6.45) is 0. The molecule has 10 heteroatoms. The quantitative estimate of drug-likeness (QED) is 0.204. The first-order valence-corrected chi connectivity index (χ1v) is 16.5. The molecule has 5 aromatic rings. The van der Waals surface area contributed by atoms with Crippen LogP contribution in [0, 0.1) is 0 Å². The van der Waals surface area contributed by atoms with E-state index in [9.17, 15) is 21.6 Å². The van der Waals surface area contributed by atoms with Gasteiger partial charge in [0.2, 0.25) is 9.84 Å². The molecule has 1 heterocycles. The van der Waals surface area contributed by atoms with Gasteiger partial charge in [-0.15, -0.1) is 11.3 Å². The lowest BCUT2D eigenvalue weighted by molar-refractivity contribution is 0.107. The number of rotatable bonds is 8. The van der Waals surface area contributed by atoms with Gasteiger partial charge >= 0.3 is 0 Å². The van der Waals surface area contributed by atoms with Gasteiger partial charge in [0.05, 0.1) is 15.5 Å². The van der Waals surface area contributed by atoms with Crippen molar-refractivity contribution in [2.45, 2.75) is 29.6 Å². The molecule has 0 bridgehead atoms. The number of carbonyl (C=O) groups is 1. The Bertz CT molecular complexity index is 1910. The molecule has 7 nitrogen and oxygen atoms in total. The lowest BCUT2D eigenvalue weighted by Crippen LogP contribution is -2.17. The summed E-state index contributed by atoms with van der Waals surface area (Å²) < 4.78 is 54.7. The first-order valence-electron chi connectivity index (χ1n) is 12.7. The van der Waals surface area contributed by atoms with Crippen LogP contribution in [-0.4, -0.2) is 26.9 Å². The molecule has 208 valence electrons. The highest BCUT2D eigenvalue weighted by Gasteiger charge is 2.28. The summed E-state index contributed by atoms with van der Waals surface area (Å²) in [5, 5.41) is 1.65. The van der Waals surface area contributed by atoms with Gasteiger partial charge in [-0.3, -0.25) is 9.52 Å². The maximum atomic E-state index is 13.1. The van der Waals surface area contributed by atoms with Crippen LogP contribution in [0.15, 0.2) is 118 Å². The van der Waals surface area contributed by atoms with Gasteiger partial charge in [0.15, 0.2) is 0 Å². The minimum atomic E-state index is -4.36. The molecule has 1 N–H and O–H groups in total. The van der Waals surface area contributed by atoms with Crippen LogP contribution >= 0.6 is 11.3 Å². The van der Waals surface area contributed by atoms with Crippen LogP contribution in [0.2, 0.25) is 0 Å². The second-order valence-corrected chi connectivity index (χ2v) is 14.0. The number of aromatic nitrogens is 1. The van der Waals surface area contributed by atoms with E-state index in [1.165, 1.54) is 41.7 Å². The average Bonchev–Trinajstić information content (AvgIpc) is 3.48. The van der Waals surface area contributed by atoms with E-state index in [1.54, 1.807) is 36.4 Å². The predicted octanol–water partition coefficient (Wildman–Crippen LogP) is 7.02. The molecule has 0 fully saturated rings. The van der Waals surface area contributed by atoms with Crippen LogP contribution < -0.4 is 4.72 Å². The number of hydrogen-bond acceptors (Lipinski definition) is 7. The number of sulfonamides is 1. The Morgan fingerprint density at radius 3 is 2.10 bits per heavy atom. The Labute approximate surface area is 243 Å². The lowest BCUT2D eigenvalue weighted by atomic mass is 10.0. The molecule has 0 saturated heterocycles. The van der Waals surface area contributed by atoms with Crippen LogP contribution in [0.3, 0.4) is 0 Å². The number of sulfone groups is 1. The van der Waals surface area contributed by atoms with Gasteiger partial charge in [0.1, 0.15) is 5.01 Å². The minimum Gasteiger partial charge on any atom is -0.280 e. The van der Waals surface area contributed by atoms with Crippen molar-refractivity contribution in [1.29, 1.82) is 0 Å². The Hall–Kier alpha value is -4.12. The van der Waals surface area contributed by atoms with Crippen LogP contribution in [-0.2, 0) is 19.9 Å². The van der Waals surface area contributed by atoms with Gasteiger partial charge < -0.3 is 0 Å². The zero-order chi connectivity index (χ0) is 29.2. The molecule has 4 aromatic carbocycles. The fourth-order valence-electron chi connectivity index (χ4n) is 4.13. The molecule has 0 unspecified atom stereocenters. The van der Waals surface area contributed by atoms with E-state index in [0.29, 0.717) is 5.69 Å². The van der Waals surface area contributed by atoms with Crippen molar-refractivity contribution in [3.63, 3.8) is 0 Å². The van der Waals surface area contributed by atoms with Gasteiger partial charge in [-0.2, -0.15) is 0 Å². The van der Waals surface area contributed by atoms with Gasteiger partial charge in [0.25, 0.3) is 15.1 Å². The molecule has 0 aliphatic rings. The molecule has 0 aliphatic carbocycles. The summed E-state index contributed by atoms with van der Waals surface area (Å²) in [5.41, 5.74) is 3.62. The summed E-state index contributed by atoms with van der Waals surface area (Å²) in [7, 11) is -8.48. The summed E-state index contributed by atoms with van der Waals surface area (Å²) in [4.78, 5) is 17.3. The van der Waals surface area contributed by atoms with E-state index in [0.717, 1.165) is 33.5 Å². The van der Waals surface area contributed by atoms with Gasteiger partial charge in [-0.1, -0.05) is 80.6 Å². The summed E-state index contributed by atoms with van der Waals surface area (Å²) in [6.45, 7) is 3.96. The number of carbonyl (C=O) groups excluding carboxylic acids is 1. The molecule has 5 rings (SSSR count). The molecule has 41 heavy (non-hydrogen) atoms. The second kappa shape index (κ2) is 11.4. The molecule has 0 amide bonds. The number of thiazole rings is 1. The van der Waals surface area contributed by atoms with E-state index in [-0.39, 0.29) is 21.3 Å². The Morgan fingerprint density at radius 2 is 1.44 bits per heavy atom. The van der Waals surface area contributed by atoms with Crippen molar-refractivity contribution in [2.24, 2.45) is 0 Å². The second-order valence-electron chi connectivity index (χ2n) is 9.63. The fourth-order valence-corrected chi connectivity index (χ4v) is 7.21. The highest BCUT2D eigenvalue weighted by molar-refractivity contribution is 8.06. The smallest absolute Gasteiger partial charge is 0.280 e. The summed E-state index contributed by atoms with van der Waals surface area (Å²) in [6, 6.07) is 27.7. The number of benzene rings is 4. The monoisotopic (exact) mass is 602 g/mol. The van der Waals surface area contributed by atoms with Crippen LogP contribution in [0.25, 0.3) is 21.8 Å². The molecular weight excluding hydrogens is 577 g/mol. The highest BCUT2D eigenvalue weighted by atomic mass is 32.2. The molecule has 1 aromatic heterocycles. The third-order valence-corrected chi connectivity index (χ3v) is 10.3. The highest BCUT2D eigenvalue weighted by Crippen LogP contribution is 2.30. The van der Waals surface area contributed by atoms with Gasteiger partial charge in [0, 0.05) is 27.8 Å². The first-order chi connectivity index (χ1) is 19.5. The van der Waals surface area contributed by atoms with Crippen molar-refractivity contribution >= 4 is 42.0 Å². The molecule has 0 aliphatic heterocycles. The van der Waals surface area contributed by atoms with E-state index < -0.39 is 25.0 Å². The summed E-state index contributed by atoms with van der Waals surface area (Å²) in [5.74, 6) is 0.202. The molecule has 0 atom stereocenters. The number of nitrogens with one attached hydrogen (secondary N) is 1. The lowest BCUT2D eigenvalue weighted by Gasteiger charge is -2.10. The third kappa shape index (κ3) is 6.14. The van der Waals surface area contributed by atoms with Gasteiger partial charge in [-0.25, -0.2) is 21.8 Å². The Morgan fingerprint density at radius 1 is 0.756 bits per heavy atom. The van der Waals surface area contributed by atoms with Crippen LogP contribution in [0.1, 0.15) is 35.7 Å². The van der Waals surface area contributed by atoms with Crippen LogP contribution in [0.4, 0.5) is 5.69 Å². The van der Waals surface area contributed by atoms with Crippen molar-refractivity contribution in [3.8, 4) is 21.8 Å². The summed E-state index contributed by atoms with van der Waals surface area (Å²) >= 11 is 1.52. The number of anilines is 1. The third-order valence-electron chi connectivity index (χ3n) is 6.44. The van der Waals surface area contributed by atoms with Crippen molar-refractivity contribution in [3.05, 3.63) is 120 Å². The van der Waals surface area contributed by atoms with E-state index in [1.807, 2.05) is 49.6 Å². The zero-order valence-electron chi connectivity index (χ0n) is 22.2. The van der Waals surface area contributed by atoms with Crippen LogP contribution in [0.5, 0.6) is 0 Å². The van der Waals surface area contributed by atoms with E-state index in [2.05, 4.69) is 9.71 Å². The van der Waals surface area contributed by atoms with E-state index >= 15 is 0 Å². The number of nitrogens with zero attached hydrogens (tertiary/aromatic N) is 1. The normalized spacial score (nSPS) is 11.9. The Kier molecular flexibility index (Phi) is 7.90.